The van der Waals surface area contributed by atoms with E-state index in [0.717, 1.165) is 22.3 Å². The van der Waals surface area contributed by atoms with Gasteiger partial charge in [-0.3, -0.25) is 9.59 Å². The number of aryl methyl sites for hydroxylation is 2. The maximum atomic E-state index is 13.2. The first-order chi connectivity index (χ1) is 16.4. The Labute approximate surface area is 198 Å². The Balaban J connectivity index is 1.47. The quantitative estimate of drug-likeness (QED) is 0.503. The molecular weight excluding hydrogens is 432 g/mol. The van der Waals surface area contributed by atoms with Crippen LogP contribution in [0.15, 0.2) is 78.0 Å². The maximum Gasteiger partial charge on any atom is 0.308 e. The van der Waals surface area contributed by atoms with E-state index in [-0.39, 0.29) is 6.42 Å². The summed E-state index contributed by atoms with van der Waals surface area (Å²) in [4.78, 5) is 30.4. The van der Waals surface area contributed by atoms with E-state index in [1.807, 2.05) is 86.6 Å². The van der Waals surface area contributed by atoms with Crippen LogP contribution in [0.4, 0.5) is 5.69 Å². The van der Waals surface area contributed by atoms with E-state index in [4.69, 9.17) is 9.57 Å². The third kappa shape index (κ3) is 5.09. The van der Waals surface area contributed by atoms with E-state index >= 15 is 0 Å². The minimum Gasteiger partial charge on any atom is -0.489 e. The molecule has 3 aromatic rings. The number of para-hydroxylation sites is 1. The van der Waals surface area contributed by atoms with Gasteiger partial charge in [0.25, 0.3) is 5.91 Å². The van der Waals surface area contributed by atoms with Gasteiger partial charge in [-0.15, -0.1) is 0 Å². The average Bonchev–Trinajstić information content (AvgIpc) is 3.26. The van der Waals surface area contributed by atoms with Crippen LogP contribution in [0.1, 0.15) is 35.1 Å². The van der Waals surface area contributed by atoms with Crippen LogP contribution in [0.5, 0.6) is 5.75 Å². The molecule has 1 atom stereocenters. The molecule has 1 aliphatic rings. The van der Waals surface area contributed by atoms with Gasteiger partial charge in [-0.1, -0.05) is 53.7 Å². The van der Waals surface area contributed by atoms with Gasteiger partial charge < -0.3 is 20.0 Å². The molecule has 0 unspecified atom stereocenters. The molecule has 7 nitrogen and oxygen atoms in total. The summed E-state index contributed by atoms with van der Waals surface area (Å²) in [6.07, 6.45) is -0.463. The number of oxime groups is 1. The van der Waals surface area contributed by atoms with E-state index in [9.17, 15) is 14.7 Å². The normalized spacial score (nSPS) is 16.9. The molecule has 0 saturated heterocycles. The summed E-state index contributed by atoms with van der Waals surface area (Å²) in [6.45, 7) is 4.21. The molecule has 1 heterocycles. The summed E-state index contributed by atoms with van der Waals surface area (Å²) in [6, 6.07) is 22.8. The van der Waals surface area contributed by atoms with Gasteiger partial charge in [-0.2, -0.15) is 0 Å². The number of rotatable bonds is 8. The number of carbonyl (C=O) groups excluding carboxylic acids is 1. The number of amides is 1. The van der Waals surface area contributed by atoms with Crippen molar-refractivity contribution in [2.24, 2.45) is 5.16 Å². The number of carbonyl (C=O) groups is 2. The fraction of sp³-hybridized carbons (Fsp3) is 0.222. The molecule has 0 bridgehead atoms. The minimum atomic E-state index is -1.63. The van der Waals surface area contributed by atoms with Gasteiger partial charge in [0.05, 0.1) is 12.1 Å². The first-order valence-electron chi connectivity index (χ1n) is 11.0. The zero-order valence-corrected chi connectivity index (χ0v) is 19.1. The Morgan fingerprint density at radius 3 is 2.32 bits per heavy atom. The lowest BCUT2D eigenvalue weighted by molar-refractivity contribution is -0.152. The van der Waals surface area contributed by atoms with Crippen molar-refractivity contribution in [2.75, 3.05) is 5.32 Å². The van der Waals surface area contributed by atoms with Crippen LogP contribution >= 0.6 is 0 Å². The van der Waals surface area contributed by atoms with Crippen molar-refractivity contribution in [3.63, 3.8) is 0 Å². The summed E-state index contributed by atoms with van der Waals surface area (Å²) in [7, 11) is 0. The Morgan fingerprint density at radius 2 is 1.68 bits per heavy atom. The van der Waals surface area contributed by atoms with Gasteiger partial charge in [0.2, 0.25) is 5.60 Å². The molecule has 34 heavy (non-hydrogen) atoms. The van der Waals surface area contributed by atoms with Crippen molar-refractivity contribution in [1.82, 2.24) is 0 Å². The van der Waals surface area contributed by atoms with Gasteiger partial charge in [-0.05, 0) is 60.4 Å². The number of ether oxygens (including phenoxy) is 1. The lowest BCUT2D eigenvalue weighted by Crippen LogP contribution is -2.45. The van der Waals surface area contributed by atoms with Gasteiger partial charge in [-0.25, -0.2) is 0 Å². The Bertz CT molecular complexity index is 1200. The first kappa shape index (κ1) is 23.0. The zero-order valence-electron chi connectivity index (χ0n) is 19.1. The molecule has 0 fully saturated rings. The molecule has 1 amide bonds. The van der Waals surface area contributed by atoms with Crippen LogP contribution in [-0.2, 0) is 21.0 Å². The molecule has 174 valence electrons. The van der Waals surface area contributed by atoms with Gasteiger partial charge in [0.1, 0.15) is 12.4 Å². The van der Waals surface area contributed by atoms with E-state index in [2.05, 4.69) is 10.5 Å². The molecular formula is C27H26N2O5. The molecule has 3 aromatic carbocycles. The SMILES string of the molecule is Cc1cccc(C)c1NC(=O)[C@]1(CC(=O)O)CC(c2ccc(OCc3ccccc3)cc2)=NO1. The topological polar surface area (TPSA) is 97.2 Å². The summed E-state index contributed by atoms with van der Waals surface area (Å²) in [5.41, 5.74) is 3.08. The largest absolute Gasteiger partial charge is 0.489 e. The van der Waals surface area contributed by atoms with Crippen molar-refractivity contribution in [3.05, 3.63) is 95.1 Å². The minimum absolute atomic E-state index is 0.0419. The fourth-order valence-electron chi connectivity index (χ4n) is 3.90. The van der Waals surface area contributed by atoms with Gasteiger partial charge >= 0.3 is 5.97 Å². The van der Waals surface area contributed by atoms with E-state index in [0.29, 0.717) is 23.8 Å². The van der Waals surface area contributed by atoms with Crippen molar-refractivity contribution < 1.29 is 24.3 Å². The number of anilines is 1. The summed E-state index contributed by atoms with van der Waals surface area (Å²) in [5, 5.41) is 16.4. The smallest absolute Gasteiger partial charge is 0.308 e. The number of nitrogens with zero attached hydrogens (tertiary/aromatic N) is 1. The number of carboxylic acids is 1. The Hall–Kier alpha value is -4.13. The van der Waals surface area contributed by atoms with Crippen LogP contribution in [0.25, 0.3) is 0 Å². The molecule has 7 heteroatoms. The van der Waals surface area contributed by atoms with Gasteiger partial charge in [0.15, 0.2) is 0 Å². The second kappa shape index (κ2) is 9.79. The third-order valence-corrected chi connectivity index (χ3v) is 5.79. The number of carboxylic acid groups (broad SMARTS) is 1. The predicted molar refractivity (Wildman–Crippen MR) is 129 cm³/mol. The van der Waals surface area contributed by atoms with Crippen molar-refractivity contribution in [3.8, 4) is 5.75 Å². The standard InChI is InChI=1S/C27H26N2O5/c1-18-7-6-8-19(2)25(18)28-26(32)27(16-24(30)31)15-23(29-34-27)21-11-13-22(14-12-21)33-17-20-9-4-3-5-10-20/h3-14H,15-17H2,1-2H3,(H,28,32)(H,30,31)/t27-/m1/s1. The monoisotopic (exact) mass is 458 g/mol. The van der Waals surface area contributed by atoms with Crippen molar-refractivity contribution in [1.29, 1.82) is 0 Å². The Kier molecular flexibility index (Phi) is 6.63. The highest BCUT2D eigenvalue weighted by Crippen LogP contribution is 2.33. The van der Waals surface area contributed by atoms with Crippen LogP contribution in [-0.4, -0.2) is 28.3 Å². The number of hydrogen-bond acceptors (Lipinski definition) is 5. The van der Waals surface area contributed by atoms with Crippen molar-refractivity contribution in [2.45, 2.75) is 38.9 Å². The summed E-state index contributed by atoms with van der Waals surface area (Å²) >= 11 is 0. The highest BCUT2D eigenvalue weighted by Gasteiger charge is 2.49. The van der Waals surface area contributed by atoms with Crippen molar-refractivity contribution >= 4 is 23.3 Å². The lowest BCUT2D eigenvalue weighted by atomic mass is 9.89. The van der Waals surface area contributed by atoms with Crippen LogP contribution in [0, 0.1) is 13.8 Å². The molecule has 1 aliphatic heterocycles. The number of benzene rings is 3. The highest BCUT2D eigenvalue weighted by molar-refractivity contribution is 6.09. The maximum absolute atomic E-state index is 13.2. The molecule has 0 saturated carbocycles. The summed E-state index contributed by atoms with van der Waals surface area (Å²) < 4.78 is 5.82. The molecule has 0 radical (unpaired) electrons. The molecule has 2 N–H and O–H groups in total. The fourth-order valence-corrected chi connectivity index (χ4v) is 3.90. The average molecular weight is 459 g/mol. The zero-order chi connectivity index (χ0) is 24.1. The highest BCUT2D eigenvalue weighted by atomic mass is 16.7. The number of nitrogens with one attached hydrogen (secondary N) is 1. The molecule has 4 rings (SSSR count). The molecule has 0 aliphatic carbocycles. The molecule has 0 spiro atoms. The predicted octanol–water partition coefficient (Wildman–Crippen LogP) is 4.86. The van der Waals surface area contributed by atoms with E-state index in [1.165, 1.54) is 0 Å². The van der Waals surface area contributed by atoms with Crippen LogP contribution < -0.4 is 10.1 Å². The number of hydrogen-bond donors (Lipinski definition) is 2. The van der Waals surface area contributed by atoms with Crippen LogP contribution in [0.3, 0.4) is 0 Å². The molecule has 0 aromatic heterocycles. The van der Waals surface area contributed by atoms with E-state index < -0.39 is 23.9 Å². The summed E-state index contributed by atoms with van der Waals surface area (Å²) in [5.74, 6) is -0.983. The van der Waals surface area contributed by atoms with Gasteiger partial charge in [0, 0.05) is 12.1 Å². The number of aliphatic carboxylic acids is 1. The third-order valence-electron chi connectivity index (χ3n) is 5.79. The second-order valence-electron chi connectivity index (χ2n) is 8.39. The van der Waals surface area contributed by atoms with Crippen LogP contribution in [0.2, 0.25) is 0 Å². The lowest BCUT2D eigenvalue weighted by Gasteiger charge is -2.24. The first-order valence-corrected chi connectivity index (χ1v) is 11.0. The van der Waals surface area contributed by atoms with E-state index in [1.54, 1.807) is 0 Å². The second-order valence-corrected chi connectivity index (χ2v) is 8.39. The Morgan fingerprint density at radius 1 is 1.00 bits per heavy atom.